The number of carbonyl (C=O) groups is 1. The summed E-state index contributed by atoms with van der Waals surface area (Å²) in [5.74, 6) is 0.805. The maximum atomic E-state index is 12.3. The molecule has 4 heteroatoms. The monoisotopic (exact) mass is 236 g/mol. The van der Waals surface area contributed by atoms with Gasteiger partial charge in [-0.05, 0) is 38.8 Å². The van der Waals surface area contributed by atoms with Crippen molar-refractivity contribution in [2.24, 2.45) is 11.1 Å². The van der Waals surface area contributed by atoms with E-state index >= 15 is 0 Å². The van der Waals surface area contributed by atoms with Crippen molar-refractivity contribution < 1.29 is 9.21 Å². The van der Waals surface area contributed by atoms with E-state index in [0.29, 0.717) is 0 Å². The summed E-state index contributed by atoms with van der Waals surface area (Å²) in [6, 6.07) is 3.54. The van der Waals surface area contributed by atoms with Crippen molar-refractivity contribution in [3.05, 3.63) is 24.2 Å². The fraction of sp³-hybridized carbons (Fsp3) is 0.615. The lowest BCUT2D eigenvalue weighted by Crippen LogP contribution is -2.47. The molecule has 1 saturated carbocycles. The Morgan fingerprint density at radius 2 is 2.47 bits per heavy atom. The van der Waals surface area contributed by atoms with Crippen LogP contribution in [0.4, 0.5) is 0 Å². The first-order valence-electron chi connectivity index (χ1n) is 6.14. The predicted molar refractivity (Wildman–Crippen MR) is 65.2 cm³/mol. The molecule has 0 aliphatic heterocycles. The Labute approximate surface area is 102 Å². The van der Waals surface area contributed by atoms with Crippen LogP contribution in [-0.4, -0.2) is 11.9 Å². The summed E-state index contributed by atoms with van der Waals surface area (Å²) in [5, 5.41) is 2.98. The molecule has 1 aliphatic carbocycles. The van der Waals surface area contributed by atoms with Crippen LogP contribution in [0.3, 0.4) is 0 Å². The van der Waals surface area contributed by atoms with Crippen molar-refractivity contribution in [3.63, 3.8) is 0 Å². The van der Waals surface area contributed by atoms with Gasteiger partial charge in [0.1, 0.15) is 5.76 Å². The third kappa shape index (κ3) is 2.22. The third-order valence-electron chi connectivity index (χ3n) is 3.87. The summed E-state index contributed by atoms with van der Waals surface area (Å²) in [7, 11) is 0. The zero-order valence-corrected chi connectivity index (χ0v) is 10.4. The van der Waals surface area contributed by atoms with E-state index in [1.165, 1.54) is 0 Å². The average Bonchev–Trinajstić information content (AvgIpc) is 2.90. The first kappa shape index (κ1) is 12.2. The summed E-state index contributed by atoms with van der Waals surface area (Å²) in [6.45, 7) is 3.87. The molecule has 0 spiro atoms. The second-order valence-corrected chi connectivity index (χ2v) is 5.13. The standard InChI is InChI=1S/C13H20N2O2/c1-9(10-5-4-8-17-10)15-12(16)13(2)7-3-6-11(13)14/h4-5,8-9,11H,3,6-7,14H2,1-2H3,(H,15,16). The molecule has 1 heterocycles. The topological polar surface area (TPSA) is 68.3 Å². The Balaban J connectivity index is 2.02. The zero-order valence-electron chi connectivity index (χ0n) is 10.4. The van der Waals surface area contributed by atoms with Gasteiger partial charge in [-0.2, -0.15) is 0 Å². The van der Waals surface area contributed by atoms with Crippen LogP contribution in [-0.2, 0) is 4.79 Å². The Morgan fingerprint density at radius 3 is 3.00 bits per heavy atom. The smallest absolute Gasteiger partial charge is 0.228 e. The van der Waals surface area contributed by atoms with E-state index in [4.69, 9.17) is 10.2 Å². The van der Waals surface area contributed by atoms with Gasteiger partial charge in [-0.25, -0.2) is 0 Å². The first-order chi connectivity index (χ1) is 8.04. The second kappa shape index (κ2) is 4.53. The molecule has 1 amide bonds. The molecule has 3 unspecified atom stereocenters. The minimum atomic E-state index is -0.430. The van der Waals surface area contributed by atoms with Crippen molar-refractivity contribution in [1.29, 1.82) is 0 Å². The highest BCUT2D eigenvalue weighted by Gasteiger charge is 2.43. The van der Waals surface area contributed by atoms with Gasteiger partial charge in [0, 0.05) is 6.04 Å². The van der Waals surface area contributed by atoms with E-state index < -0.39 is 5.41 Å². The van der Waals surface area contributed by atoms with Gasteiger partial charge in [-0.15, -0.1) is 0 Å². The van der Waals surface area contributed by atoms with Gasteiger partial charge < -0.3 is 15.5 Å². The molecule has 17 heavy (non-hydrogen) atoms. The molecule has 0 aromatic carbocycles. The van der Waals surface area contributed by atoms with E-state index in [1.54, 1.807) is 6.26 Å². The summed E-state index contributed by atoms with van der Waals surface area (Å²) in [6.07, 6.45) is 4.44. The molecule has 4 nitrogen and oxygen atoms in total. The molecule has 0 bridgehead atoms. The van der Waals surface area contributed by atoms with Crippen molar-refractivity contribution in [1.82, 2.24) is 5.32 Å². The van der Waals surface area contributed by atoms with Gasteiger partial charge in [0.15, 0.2) is 0 Å². The lowest BCUT2D eigenvalue weighted by atomic mass is 9.84. The summed E-state index contributed by atoms with van der Waals surface area (Å²) in [5.41, 5.74) is 5.59. The summed E-state index contributed by atoms with van der Waals surface area (Å²) in [4.78, 5) is 12.3. The maximum Gasteiger partial charge on any atom is 0.228 e. The number of hydrogen-bond donors (Lipinski definition) is 2. The summed E-state index contributed by atoms with van der Waals surface area (Å²) >= 11 is 0. The lowest BCUT2D eigenvalue weighted by molar-refractivity contribution is -0.131. The Kier molecular flexibility index (Phi) is 3.24. The number of furan rings is 1. The zero-order chi connectivity index (χ0) is 12.5. The molecular weight excluding hydrogens is 216 g/mol. The van der Waals surface area contributed by atoms with Crippen LogP contribution < -0.4 is 11.1 Å². The Bertz CT molecular complexity index is 388. The normalized spacial score (nSPS) is 30.2. The van der Waals surface area contributed by atoms with Gasteiger partial charge in [-0.1, -0.05) is 6.42 Å². The lowest BCUT2D eigenvalue weighted by Gasteiger charge is -2.28. The molecule has 94 valence electrons. The molecule has 3 atom stereocenters. The third-order valence-corrected chi connectivity index (χ3v) is 3.87. The predicted octanol–water partition coefficient (Wildman–Crippen LogP) is 1.97. The number of nitrogens with two attached hydrogens (primary N) is 1. The fourth-order valence-electron chi connectivity index (χ4n) is 2.45. The molecule has 1 aromatic rings. The van der Waals surface area contributed by atoms with Crippen molar-refractivity contribution >= 4 is 5.91 Å². The molecule has 1 fully saturated rings. The van der Waals surface area contributed by atoms with Crippen LogP contribution in [0.25, 0.3) is 0 Å². The maximum absolute atomic E-state index is 12.3. The minimum Gasteiger partial charge on any atom is -0.467 e. The number of rotatable bonds is 3. The van der Waals surface area contributed by atoms with Crippen LogP contribution in [0.2, 0.25) is 0 Å². The highest BCUT2D eigenvalue weighted by atomic mass is 16.3. The fourth-order valence-corrected chi connectivity index (χ4v) is 2.45. The molecule has 1 aromatic heterocycles. The first-order valence-corrected chi connectivity index (χ1v) is 6.14. The molecule has 3 N–H and O–H groups in total. The van der Waals surface area contributed by atoms with Crippen molar-refractivity contribution in [2.45, 2.75) is 45.2 Å². The van der Waals surface area contributed by atoms with E-state index in [2.05, 4.69) is 5.32 Å². The highest BCUT2D eigenvalue weighted by molar-refractivity contribution is 5.83. The van der Waals surface area contributed by atoms with Crippen molar-refractivity contribution in [2.75, 3.05) is 0 Å². The quantitative estimate of drug-likeness (QED) is 0.843. The summed E-state index contributed by atoms with van der Waals surface area (Å²) < 4.78 is 5.27. The number of hydrogen-bond acceptors (Lipinski definition) is 3. The minimum absolute atomic E-state index is 0.0337. The molecular formula is C13H20N2O2. The largest absolute Gasteiger partial charge is 0.467 e. The second-order valence-electron chi connectivity index (χ2n) is 5.13. The number of carbonyl (C=O) groups excluding carboxylic acids is 1. The van der Waals surface area contributed by atoms with Gasteiger partial charge in [0.05, 0.1) is 17.7 Å². The highest BCUT2D eigenvalue weighted by Crippen LogP contribution is 2.37. The van der Waals surface area contributed by atoms with Gasteiger partial charge in [0.25, 0.3) is 0 Å². The number of amides is 1. The van der Waals surface area contributed by atoms with Crippen LogP contribution in [0.15, 0.2) is 22.8 Å². The Morgan fingerprint density at radius 1 is 1.71 bits per heavy atom. The molecule has 1 aliphatic rings. The molecule has 0 saturated heterocycles. The van der Waals surface area contributed by atoms with Crippen molar-refractivity contribution in [3.8, 4) is 0 Å². The van der Waals surface area contributed by atoms with Gasteiger partial charge in [-0.3, -0.25) is 4.79 Å². The van der Waals surface area contributed by atoms with Crippen LogP contribution >= 0.6 is 0 Å². The molecule has 0 radical (unpaired) electrons. The molecule has 2 rings (SSSR count). The number of nitrogens with one attached hydrogen (secondary N) is 1. The van der Waals surface area contributed by atoms with Crippen LogP contribution in [0.1, 0.15) is 44.9 Å². The van der Waals surface area contributed by atoms with Gasteiger partial charge in [0.2, 0.25) is 5.91 Å². The van der Waals surface area contributed by atoms with Crippen LogP contribution in [0.5, 0.6) is 0 Å². The van der Waals surface area contributed by atoms with E-state index in [0.717, 1.165) is 25.0 Å². The van der Waals surface area contributed by atoms with E-state index in [9.17, 15) is 4.79 Å². The van der Waals surface area contributed by atoms with Gasteiger partial charge >= 0.3 is 0 Å². The Hall–Kier alpha value is -1.29. The average molecular weight is 236 g/mol. The SMILES string of the molecule is CC(NC(=O)C1(C)CCCC1N)c1ccco1. The van der Waals surface area contributed by atoms with Crippen LogP contribution in [0, 0.1) is 5.41 Å². The van der Waals surface area contributed by atoms with E-state index in [-0.39, 0.29) is 18.0 Å². The van der Waals surface area contributed by atoms with E-state index in [1.807, 2.05) is 26.0 Å².